The van der Waals surface area contributed by atoms with Gasteiger partial charge in [-0.1, -0.05) is 172 Å². The van der Waals surface area contributed by atoms with Crippen LogP contribution in [0.2, 0.25) is 0 Å². The fourth-order valence-electron chi connectivity index (χ4n) is 15.3. The fraction of sp³-hybridized carbons (Fsp3) is 0.0380. The molecule has 0 unspecified atom stereocenters. The minimum atomic E-state index is -0.438. The summed E-state index contributed by atoms with van der Waals surface area (Å²) in [4.78, 5) is 10.2. The van der Waals surface area contributed by atoms with Crippen LogP contribution in [0.5, 0.6) is 23.0 Å². The molecule has 18 rings (SSSR count). The number of rotatable bonds is 8. The van der Waals surface area contributed by atoms with Gasteiger partial charge < -0.3 is 29.1 Å². The highest BCUT2D eigenvalue weighted by Crippen LogP contribution is 2.59. The lowest BCUT2D eigenvalue weighted by Crippen LogP contribution is -2.65. The third kappa shape index (κ3) is 7.37. The van der Waals surface area contributed by atoms with E-state index < -0.39 is 5.41 Å². The number of ether oxygens (including phenoxy) is 2. The van der Waals surface area contributed by atoms with Crippen molar-refractivity contribution in [2.45, 2.75) is 19.3 Å². The van der Waals surface area contributed by atoms with Crippen molar-refractivity contribution in [2.24, 2.45) is 0 Å². The van der Waals surface area contributed by atoms with Gasteiger partial charge in [-0.3, -0.25) is 0 Å². The third-order valence-electron chi connectivity index (χ3n) is 18.8. The Morgan fingerprint density at radius 1 is 0.299 bits per heavy atom. The third-order valence-corrected chi connectivity index (χ3v) is 18.8. The summed E-state index contributed by atoms with van der Waals surface area (Å²) in [7, 11) is 0. The average Bonchev–Trinajstić information content (AvgIpc) is 1.65. The Morgan fingerprint density at radius 3 is 1.29 bits per heavy atom. The second-order valence-corrected chi connectivity index (χ2v) is 23.9. The van der Waals surface area contributed by atoms with Crippen molar-refractivity contribution in [2.75, 3.05) is 19.6 Å². The lowest BCUT2D eigenvalue weighted by molar-refractivity contribution is 0.480. The van der Waals surface area contributed by atoms with E-state index in [1.807, 2.05) is 60.7 Å². The summed E-state index contributed by atoms with van der Waals surface area (Å²) in [5.74, 6) is 3.22. The van der Waals surface area contributed by atoms with Crippen molar-refractivity contribution < 1.29 is 9.47 Å². The van der Waals surface area contributed by atoms with E-state index in [-0.39, 0.29) is 13.4 Å². The van der Waals surface area contributed by atoms with Crippen LogP contribution < -0.4 is 61.9 Å². The van der Waals surface area contributed by atoms with E-state index in [4.69, 9.17) is 9.47 Å². The number of benzene rings is 13. The number of para-hydroxylation sites is 8. The van der Waals surface area contributed by atoms with Crippen molar-refractivity contribution in [1.29, 1.82) is 0 Å². The summed E-state index contributed by atoms with van der Waals surface area (Å²) in [6.45, 7) is 4.53. The fourth-order valence-corrected chi connectivity index (χ4v) is 15.3. The molecule has 0 spiro atoms. The molecule has 13 aromatic carbocycles. The molecule has 0 amide bonds. The first-order valence-electron chi connectivity index (χ1n) is 30.1. The molecule has 5 aliphatic rings. The molecule has 4 heterocycles. The highest BCUT2D eigenvalue weighted by atomic mass is 16.5. The Kier molecular flexibility index (Phi) is 10.8. The summed E-state index contributed by atoms with van der Waals surface area (Å²) in [5.41, 5.74) is 25.9. The summed E-state index contributed by atoms with van der Waals surface area (Å²) >= 11 is 0. The van der Waals surface area contributed by atoms with Crippen LogP contribution in [-0.2, 0) is 5.41 Å². The van der Waals surface area contributed by atoms with Gasteiger partial charge in [-0.15, -0.1) is 0 Å². The minimum absolute atomic E-state index is 0.150. The molecule has 6 nitrogen and oxygen atoms in total. The van der Waals surface area contributed by atoms with Gasteiger partial charge in [-0.2, -0.15) is 0 Å². The van der Waals surface area contributed by atoms with Gasteiger partial charge >= 0.3 is 0 Å². The number of hydrogen-bond donors (Lipinski definition) is 0. The maximum atomic E-state index is 6.65. The van der Waals surface area contributed by atoms with Crippen molar-refractivity contribution in [3.8, 4) is 34.1 Å². The molecular weight excluding hydrogens is 1060 g/mol. The molecule has 4 aliphatic heterocycles. The Bertz CT molecular complexity index is 4930. The highest BCUT2D eigenvalue weighted by molar-refractivity contribution is 7.03. The Labute approximate surface area is 507 Å². The first kappa shape index (κ1) is 49.5. The topological polar surface area (TPSA) is 31.4 Å². The standard InChI is InChI=1S/C79H54B2N4O2/c1-79(2)63-47-59(87-57-35-19-8-20-36-57)42-44-61(63)62-48-73-76-78(74(62)79)84(54-29-13-5-14-30-54)69-40-24-22-38-65(69)81(76)66-49-67-71(50-70(66)83(73)53-27-11-4-12-28-53)85(55-31-15-6-16-32-55)77-60-43-41-58(86-56-33-17-7-18-34-56)45-51(60)46-72-75(77)80(67)64-37-21-23-39-68(64)82(72)52-25-9-3-10-26-52/h3-50H,1-2H3. The molecule has 408 valence electrons. The molecule has 0 aromatic heterocycles. The van der Waals surface area contributed by atoms with Crippen molar-refractivity contribution in [3.05, 3.63) is 302 Å². The number of fused-ring (bicyclic) bond motifs is 14. The molecule has 0 fully saturated rings. The van der Waals surface area contributed by atoms with Crippen LogP contribution in [0.3, 0.4) is 0 Å². The van der Waals surface area contributed by atoms with E-state index in [1.54, 1.807) is 0 Å². The average molecular weight is 1110 g/mol. The maximum Gasteiger partial charge on any atom is 0.252 e. The van der Waals surface area contributed by atoms with Gasteiger partial charge in [0.1, 0.15) is 23.0 Å². The van der Waals surface area contributed by atoms with Crippen LogP contribution in [0.25, 0.3) is 21.9 Å². The molecule has 0 atom stereocenters. The Hall–Kier alpha value is -11.0. The van der Waals surface area contributed by atoms with Crippen molar-refractivity contribution in [1.82, 2.24) is 0 Å². The Balaban J connectivity index is 0.950. The van der Waals surface area contributed by atoms with Gasteiger partial charge in [0, 0.05) is 73.4 Å². The van der Waals surface area contributed by atoms with E-state index in [2.05, 4.69) is 264 Å². The van der Waals surface area contributed by atoms with E-state index in [1.165, 1.54) is 72.1 Å². The van der Waals surface area contributed by atoms with Crippen LogP contribution in [0.4, 0.5) is 68.2 Å². The molecule has 0 saturated heterocycles. The molecule has 87 heavy (non-hydrogen) atoms. The van der Waals surface area contributed by atoms with E-state index in [0.29, 0.717) is 0 Å². The molecule has 0 radical (unpaired) electrons. The number of anilines is 12. The predicted octanol–water partition coefficient (Wildman–Crippen LogP) is 16.9. The van der Waals surface area contributed by atoms with Crippen LogP contribution in [0.15, 0.2) is 291 Å². The van der Waals surface area contributed by atoms with Crippen molar-refractivity contribution in [3.63, 3.8) is 0 Å². The maximum absolute atomic E-state index is 6.65. The van der Waals surface area contributed by atoms with Crippen LogP contribution in [0, 0.1) is 0 Å². The lowest BCUT2D eigenvalue weighted by Gasteiger charge is -2.48. The quantitative estimate of drug-likeness (QED) is 0.141. The molecule has 0 saturated carbocycles. The predicted molar refractivity (Wildman–Crippen MR) is 363 cm³/mol. The summed E-state index contributed by atoms with van der Waals surface area (Å²) in [6.07, 6.45) is 0. The molecule has 13 aromatic rings. The molecule has 1 aliphatic carbocycles. The largest absolute Gasteiger partial charge is 0.457 e. The summed E-state index contributed by atoms with van der Waals surface area (Å²) < 4.78 is 13.3. The molecular formula is C79H54B2N4O2. The molecule has 8 heteroatoms. The second kappa shape index (κ2) is 19.0. The zero-order valence-electron chi connectivity index (χ0n) is 48.0. The van der Waals surface area contributed by atoms with E-state index in [0.717, 1.165) is 85.0 Å². The smallest absolute Gasteiger partial charge is 0.252 e. The van der Waals surface area contributed by atoms with Gasteiger partial charge in [0.2, 0.25) is 0 Å². The van der Waals surface area contributed by atoms with Gasteiger partial charge in [0.25, 0.3) is 13.4 Å². The SMILES string of the molecule is CC1(C)c2cc(Oc3ccccc3)ccc2-c2cc3c4c(c21)N(c1ccccc1)c1ccccc1B4c1cc2c(cc1N3c1ccccc1)N(c1ccccc1)c1c3c(cc4cc(Oc5ccccc5)ccc14)N(c1ccccc1)c1ccccc1B23. The zero-order chi connectivity index (χ0) is 57.5. The summed E-state index contributed by atoms with van der Waals surface area (Å²) in [5, 5.41) is 2.23. The van der Waals surface area contributed by atoms with Crippen LogP contribution in [-0.4, -0.2) is 13.4 Å². The van der Waals surface area contributed by atoms with Gasteiger partial charge in [-0.25, -0.2) is 0 Å². The van der Waals surface area contributed by atoms with Gasteiger partial charge in [0.05, 0.1) is 5.69 Å². The van der Waals surface area contributed by atoms with Crippen molar-refractivity contribution >= 4 is 125 Å². The molecule has 0 bridgehead atoms. The second-order valence-electron chi connectivity index (χ2n) is 23.9. The van der Waals surface area contributed by atoms with Gasteiger partial charge in [0.15, 0.2) is 0 Å². The van der Waals surface area contributed by atoms with E-state index in [9.17, 15) is 0 Å². The lowest BCUT2D eigenvalue weighted by atomic mass is 9.30. The first-order chi connectivity index (χ1) is 42.9. The van der Waals surface area contributed by atoms with E-state index >= 15 is 0 Å². The zero-order valence-corrected chi connectivity index (χ0v) is 48.0. The minimum Gasteiger partial charge on any atom is -0.457 e. The van der Waals surface area contributed by atoms with Crippen LogP contribution in [0.1, 0.15) is 25.0 Å². The normalized spacial score (nSPS) is 14.0. The monoisotopic (exact) mass is 1110 g/mol. The number of hydrogen-bond acceptors (Lipinski definition) is 6. The first-order valence-corrected chi connectivity index (χ1v) is 30.1. The summed E-state index contributed by atoms with van der Waals surface area (Å²) in [6, 6.07) is 106. The van der Waals surface area contributed by atoms with Crippen LogP contribution >= 0.6 is 0 Å². The Morgan fingerprint density at radius 2 is 0.724 bits per heavy atom. The number of nitrogens with zero attached hydrogens (tertiary/aromatic N) is 4. The highest BCUT2D eigenvalue weighted by Gasteiger charge is 2.52. The molecule has 0 N–H and O–H groups in total. The van der Waals surface area contributed by atoms with Gasteiger partial charge in [-0.05, 0) is 194 Å².